The highest BCUT2D eigenvalue weighted by atomic mass is 19.4. The fraction of sp³-hybridized carbons (Fsp3) is 0.188. The first-order valence-corrected chi connectivity index (χ1v) is 6.83. The smallest absolute Gasteiger partial charge is 0.406 e. The van der Waals surface area contributed by atoms with Crippen molar-refractivity contribution in [3.05, 3.63) is 65.5 Å². The number of hydrogen-bond donors (Lipinski definition) is 2. The first-order chi connectivity index (χ1) is 11.3. The molecule has 1 atom stereocenters. The molecule has 0 aliphatic heterocycles. The molecular weight excluding hydrogens is 330 g/mol. The van der Waals surface area contributed by atoms with E-state index in [0.717, 1.165) is 24.3 Å². The summed E-state index contributed by atoms with van der Waals surface area (Å²) in [4.78, 5) is 11.9. The van der Waals surface area contributed by atoms with Crippen molar-refractivity contribution in [1.82, 2.24) is 5.32 Å². The molecule has 8 heteroatoms. The summed E-state index contributed by atoms with van der Waals surface area (Å²) in [6, 6.07) is 9.86. The molecule has 1 unspecified atom stereocenters. The fourth-order valence-electron chi connectivity index (χ4n) is 1.95. The average molecular weight is 343 g/mol. The van der Waals surface area contributed by atoms with Crippen molar-refractivity contribution in [3.8, 4) is 5.75 Å². The van der Waals surface area contributed by atoms with Crippen LogP contribution in [0.15, 0.2) is 48.5 Å². The zero-order valence-corrected chi connectivity index (χ0v) is 12.2. The van der Waals surface area contributed by atoms with Crippen LogP contribution in [0.2, 0.25) is 0 Å². The molecule has 128 valence electrons. The zero-order valence-electron chi connectivity index (χ0n) is 12.2. The first-order valence-electron chi connectivity index (χ1n) is 6.83. The summed E-state index contributed by atoms with van der Waals surface area (Å²) >= 11 is 0. The predicted octanol–water partition coefficient (Wildman–Crippen LogP) is 3.19. The van der Waals surface area contributed by atoms with Crippen LogP contribution in [0.1, 0.15) is 22.0 Å². The van der Waals surface area contributed by atoms with E-state index < -0.39 is 29.9 Å². The van der Waals surface area contributed by atoms with Crippen LogP contribution in [0.25, 0.3) is 0 Å². The minimum absolute atomic E-state index is 0.0340. The third kappa shape index (κ3) is 4.95. The van der Waals surface area contributed by atoms with Gasteiger partial charge in [0.1, 0.15) is 11.6 Å². The van der Waals surface area contributed by atoms with Gasteiger partial charge >= 0.3 is 6.36 Å². The van der Waals surface area contributed by atoms with Crippen LogP contribution in [-0.4, -0.2) is 23.9 Å². The summed E-state index contributed by atoms with van der Waals surface area (Å²) in [6.45, 7) is -0.249. The third-order valence-corrected chi connectivity index (χ3v) is 3.07. The van der Waals surface area contributed by atoms with Crippen molar-refractivity contribution >= 4 is 5.91 Å². The summed E-state index contributed by atoms with van der Waals surface area (Å²) in [5.74, 6) is -1.68. The molecule has 0 spiro atoms. The van der Waals surface area contributed by atoms with Crippen LogP contribution in [0.3, 0.4) is 0 Å². The number of amides is 1. The maximum absolute atomic E-state index is 13.5. The topological polar surface area (TPSA) is 58.6 Å². The Morgan fingerprint density at radius 1 is 1.12 bits per heavy atom. The van der Waals surface area contributed by atoms with Gasteiger partial charge in [0.2, 0.25) is 0 Å². The molecule has 24 heavy (non-hydrogen) atoms. The molecule has 1 amide bonds. The minimum atomic E-state index is -4.81. The summed E-state index contributed by atoms with van der Waals surface area (Å²) in [7, 11) is 0. The molecule has 2 aromatic carbocycles. The number of nitrogens with one attached hydrogen (secondary N) is 1. The fourth-order valence-corrected chi connectivity index (χ4v) is 1.95. The number of halogens is 4. The highest BCUT2D eigenvalue weighted by Gasteiger charge is 2.31. The Balaban J connectivity index is 1.94. The molecule has 0 fully saturated rings. The van der Waals surface area contributed by atoms with Crippen LogP contribution in [-0.2, 0) is 0 Å². The second kappa shape index (κ2) is 7.31. The second-order valence-electron chi connectivity index (χ2n) is 4.82. The van der Waals surface area contributed by atoms with Crippen LogP contribution in [0.5, 0.6) is 5.75 Å². The van der Waals surface area contributed by atoms with Crippen LogP contribution in [0.4, 0.5) is 17.6 Å². The maximum atomic E-state index is 13.5. The van der Waals surface area contributed by atoms with Gasteiger partial charge in [0, 0.05) is 17.7 Å². The van der Waals surface area contributed by atoms with Gasteiger partial charge in [-0.1, -0.05) is 18.2 Å². The molecule has 0 radical (unpaired) electrons. The lowest BCUT2D eigenvalue weighted by molar-refractivity contribution is -0.274. The van der Waals surface area contributed by atoms with Crippen LogP contribution in [0, 0.1) is 5.82 Å². The SMILES string of the molecule is O=C(NCC(O)c1ccccc1F)c1ccc(OC(F)(F)F)cc1. The van der Waals surface area contributed by atoms with Crippen molar-refractivity contribution < 1.29 is 32.2 Å². The van der Waals surface area contributed by atoms with Crippen LogP contribution >= 0.6 is 0 Å². The Bertz CT molecular complexity index is 701. The van der Waals surface area contributed by atoms with Gasteiger partial charge in [-0.2, -0.15) is 0 Å². The number of aliphatic hydroxyl groups is 1. The Labute approximate surface area is 134 Å². The van der Waals surface area contributed by atoms with Gasteiger partial charge in [-0.3, -0.25) is 4.79 Å². The number of ether oxygens (including phenoxy) is 1. The number of hydrogen-bond acceptors (Lipinski definition) is 3. The minimum Gasteiger partial charge on any atom is -0.406 e. The lowest BCUT2D eigenvalue weighted by atomic mass is 10.1. The van der Waals surface area contributed by atoms with E-state index in [2.05, 4.69) is 10.1 Å². The molecule has 2 rings (SSSR count). The molecule has 0 aromatic heterocycles. The Morgan fingerprint density at radius 3 is 2.33 bits per heavy atom. The number of rotatable bonds is 5. The van der Waals surface area contributed by atoms with Gasteiger partial charge in [0.05, 0.1) is 6.10 Å². The third-order valence-electron chi connectivity index (χ3n) is 3.07. The van der Waals surface area contributed by atoms with Gasteiger partial charge in [0.15, 0.2) is 0 Å². The normalized spacial score (nSPS) is 12.5. The quantitative estimate of drug-likeness (QED) is 0.820. The summed E-state index contributed by atoms with van der Waals surface area (Å²) in [5, 5.41) is 12.2. The molecule has 2 aromatic rings. The Morgan fingerprint density at radius 2 is 1.75 bits per heavy atom. The predicted molar refractivity (Wildman–Crippen MR) is 76.8 cm³/mol. The van der Waals surface area contributed by atoms with Crippen molar-refractivity contribution in [1.29, 1.82) is 0 Å². The van der Waals surface area contributed by atoms with E-state index in [1.807, 2.05) is 0 Å². The number of carbonyl (C=O) groups excluding carboxylic acids is 1. The number of carbonyl (C=O) groups is 1. The van der Waals surface area contributed by atoms with Crippen molar-refractivity contribution in [2.45, 2.75) is 12.5 Å². The molecular formula is C16H13F4NO3. The maximum Gasteiger partial charge on any atom is 0.573 e. The van der Waals surface area contributed by atoms with Crippen molar-refractivity contribution in [2.75, 3.05) is 6.54 Å². The van der Waals surface area contributed by atoms with Crippen molar-refractivity contribution in [2.24, 2.45) is 0 Å². The Hall–Kier alpha value is -2.61. The lowest BCUT2D eigenvalue weighted by Gasteiger charge is -2.13. The van der Waals surface area contributed by atoms with E-state index in [9.17, 15) is 27.5 Å². The molecule has 0 bridgehead atoms. The first kappa shape index (κ1) is 17.7. The van der Waals surface area contributed by atoms with Gasteiger partial charge < -0.3 is 15.2 Å². The lowest BCUT2D eigenvalue weighted by Crippen LogP contribution is -2.28. The van der Waals surface area contributed by atoms with E-state index in [4.69, 9.17) is 0 Å². The van der Waals surface area contributed by atoms with Crippen LogP contribution < -0.4 is 10.1 Å². The van der Waals surface area contributed by atoms with E-state index in [-0.39, 0.29) is 17.7 Å². The van der Waals surface area contributed by atoms with Gasteiger partial charge in [-0.05, 0) is 30.3 Å². The molecule has 0 aliphatic carbocycles. The van der Waals surface area contributed by atoms with E-state index in [1.54, 1.807) is 6.07 Å². The number of benzene rings is 2. The Kier molecular flexibility index (Phi) is 5.40. The molecule has 0 saturated heterocycles. The van der Waals surface area contributed by atoms with E-state index in [0.29, 0.717) is 0 Å². The highest BCUT2D eigenvalue weighted by Crippen LogP contribution is 2.22. The monoisotopic (exact) mass is 343 g/mol. The number of aliphatic hydroxyl groups excluding tert-OH is 1. The summed E-state index contributed by atoms with van der Waals surface area (Å²) in [6.07, 6.45) is -6.06. The standard InChI is InChI=1S/C16H13F4NO3/c17-13-4-2-1-3-12(13)14(22)9-21-15(23)10-5-7-11(8-6-10)24-16(18,19)20/h1-8,14,22H,9H2,(H,21,23). The molecule has 0 heterocycles. The van der Waals surface area contributed by atoms with Gasteiger partial charge in [-0.25, -0.2) is 4.39 Å². The number of alkyl halides is 3. The summed E-state index contributed by atoms with van der Waals surface area (Å²) < 4.78 is 53.3. The average Bonchev–Trinajstić information content (AvgIpc) is 2.52. The zero-order chi connectivity index (χ0) is 17.7. The highest BCUT2D eigenvalue weighted by molar-refractivity contribution is 5.94. The largest absolute Gasteiger partial charge is 0.573 e. The van der Waals surface area contributed by atoms with Gasteiger partial charge in [0.25, 0.3) is 5.91 Å². The molecule has 4 nitrogen and oxygen atoms in total. The van der Waals surface area contributed by atoms with Gasteiger partial charge in [-0.15, -0.1) is 13.2 Å². The molecule has 0 saturated carbocycles. The molecule has 0 aliphatic rings. The second-order valence-corrected chi connectivity index (χ2v) is 4.82. The summed E-state index contributed by atoms with van der Waals surface area (Å²) in [5.41, 5.74) is 0.108. The molecule has 2 N–H and O–H groups in total. The van der Waals surface area contributed by atoms with E-state index >= 15 is 0 Å². The van der Waals surface area contributed by atoms with E-state index in [1.165, 1.54) is 18.2 Å². The van der Waals surface area contributed by atoms with Crippen molar-refractivity contribution in [3.63, 3.8) is 0 Å².